The topological polar surface area (TPSA) is 12.5 Å². The van der Waals surface area contributed by atoms with Gasteiger partial charge in [0.05, 0.1) is 0 Å². The number of fused-ring (bicyclic) bond motifs is 10. The summed E-state index contributed by atoms with van der Waals surface area (Å²) in [6.45, 7) is 0. The molecule has 0 spiro atoms. The number of hydrogen-bond acceptors (Lipinski definition) is 1. The third kappa shape index (κ3) is 1.36. The Morgan fingerprint density at radius 3 is 2.16 bits per heavy atom. The molecular weight excluding hydrogens is 304 g/mol. The summed E-state index contributed by atoms with van der Waals surface area (Å²) >= 11 is 0. The van der Waals surface area contributed by atoms with Gasteiger partial charge in [0.2, 0.25) is 0 Å². The van der Waals surface area contributed by atoms with Gasteiger partial charge in [0.1, 0.15) is 12.2 Å². The molecule has 0 amide bonds. The van der Waals surface area contributed by atoms with Gasteiger partial charge in [-0.3, -0.25) is 0 Å². The minimum Gasteiger partial charge on any atom is -0.359 e. The van der Waals surface area contributed by atoms with E-state index in [0.29, 0.717) is 0 Å². The van der Waals surface area contributed by atoms with Crippen molar-refractivity contribution in [1.29, 1.82) is 0 Å². The molecule has 3 aliphatic rings. The Balaban J connectivity index is 1.70. The second-order valence-corrected chi connectivity index (χ2v) is 7.22. The molecule has 0 bridgehead atoms. The summed E-state index contributed by atoms with van der Waals surface area (Å²) in [6.07, 6.45) is 0.461. The predicted octanol–water partition coefficient (Wildman–Crippen LogP) is 6.28. The van der Waals surface area contributed by atoms with Gasteiger partial charge in [-0.2, -0.15) is 0 Å². The molecule has 1 nitrogen and oxygen atoms in total. The summed E-state index contributed by atoms with van der Waals surface area (Å²) in [5, 5.41) is 2.76. The Bertz CT molecular complexity index is 1230. The van der Waals surface area contributed by atoms with Crippen molar-refractivity contribution in [1.82, 2.24) is 0 Å². The normalized spacial score (nSPS) is 20.6. The van der Waals surface area contributed by atoms with Crippen LogP contribution >= 0.6 is 0 Å². The van der Waals surface area contributed by atoms with Crippen molar-refractivity contribution in [3.8, 4) is 33.4 Å². The van der Waals surface area contributed by atoms with Gasteiger partial charge in [-0.15, -0.1) is 0 Å². The van der Waals surface area contributed by atoms with Crippen LogP contribution < -0.4 is 0 Å². The lowest BCUT2D eigenvalue weighted by Crippen LogP contribution is -2.00. The molecule has 4 aromatic carbocycles. The lowest BCUT2D eigenvalue weighted by atomic mass is 9.81. The Hall–Kier alpha value is -2.90. The fourth-order valence-corrected chi connectivity index (χ4v) is 4.98. The summed E-state index contributed by atoms with van der Waals surface area (Å²) in [7, 11) is 0. The summed E-state index contributed by atoms with van der Waals surface area (Å²) in [5.74, 6) is 0. The van der Waals surface area contributed by atoms with Gasteiger partial charge in [-0.25, -0.2) is 0 Å². The van der Waals surface area contributed by atoms with E-state index in [1.807, 2.05) is 0 Å². The van der Waals surface area contributed by atoms with Crippen LogP contribution in [0.3, 0.4) is 0 Å². The highest BCUT2D eigenvalue weighted by Crippen LogP contribution is 2.63. The monoisotopic (exact) mass is 318 g/mol. The first-order valence-corrected chi connectivity index (χ1v) is 8.86. The molecule has 1 heterocycles. The maximum absolute atomic E-state index is 6.12. The molecule has 0 radical (unpaired) electrons. The van der Waals surface area contributed by atoms with Crippen LogP contribution in [-0.2, 0) is 4.74 Å². The molecule has 1 aliphatic heterocycles. The highest BCUT2D eigenvalue weighted by Gasteiger charge is 2.48. The maximum Gasteiger partial charge on any atom is 0.115 e. The molecule has 1 fully saturated rings. The molecule has 2 unspecified atom stereocenters. The van der Waals surface area contributed by atoms with Gasteiger partial charge in [0.15, 0.2) is 0 Å². The molecule has 1 heteroatoms. The van der Waals surface area contributed by atoms with E-state index in [1.165, 1.54) is 55.3 Å². The molecule has 4 aromatic rings. The first kappa shape index (κ1) is 12.5. The second kappa shape index (κ2) is 4.01. The summed E-state index contributed by atoms with van der Waals surface area (Å²) < 4.78 is 6.12. The fraction of sp³-hybridized carbons (Fsp3) is 0.0833. The lowest BCUT2D eigenvalue weighted by Gasteiger charge is -2.20. The average Bonchev–Trinajstić information content (AvgIpc) is 3.41. The SMILES string of the molecule is c1ccc2c(c1)-c1cccc3c4c(cc-2c13)-c1ccccc1C1OC41. The minimum absolute atomic E-state index is 0.220. The smallest absolute Gasteiger partial charge is 0.115 e. The Kier molecular flexibility index (Phi) is 2.00. The van der Waals surface area contributed by atoms with Crippen molar-refractivity contribution < 1.29 is 4.74 Å². The minimum atomic E-state index is 0.220. The molecule has 0 saturated carbocycles. The van der Waals surface area contributed by atoms with E-state index in [-0.39, 0.29) is 12.2 Å². The zero-order valence-corrected chi connectivity index (χ0v) is 13.5. The maximum atomic E-state index is 6.12. The highest BCUT2D eigenvalue weighted by molar-refractivity contribution is 6.18. The van der Waals surface area contributed by atoms with E-state index in [0.717, 1.165) is 0 Å². The fourth-order valence-electron chi connectivity index (χ4n) is 4.98. The first-order chi connectivity index (χ1) is 12.4. The van der Waals surface area contributed by atoms with E-state index in [9.17, 15) is 0 Å². The van der Waals surface area contributed by atoms with Gasteiger partial charge in [0.25, 0.3) is 0 Å². The van der Waals surface area contributed by atoms with E-state index in [1.54, 1.807) is 0 Å². The van der Waals surface area contributed by atoms with Crippen molar-refractivity contribution in [3.05, 3.63) is 83.9 Å². The van der Waals surface area contributed by atoms with Crippen LogP contribution in [0.15, 0.2) is 72.8 Å². The molecule has 1 saturated heterocycles. The van der Waals surface area contributed by atoms with Crippen LogP contribution in [0.5, 0.6) is 0 Å². The summed E-state index contributed by atoms with van der Waals surface area (Å²) in [5.41, 5.74) is 10.9. The number of ether oxygens (including phenoxy) is 1. The van der Waals surface area contributed by atoms with Gasteiger partial charge < -0.3 is 4.74 Å². The van der Waals surface area contributed by atoms with Crippen LogP contribution in [0.2, 0.25) is 0 Å². The summed E-state index contributed by atoms with van der Waals surface area (Å²) in [6, 6.07) is 26.6. The zero-order chi connectivity index (χ0) is 16.1. The van der Waals surface area contributed by atoms with Crippen molar-refractivity contribution in [2.75, 3.05) is 0 Å². The van der Waals surface area contributed by atoms with Crippen LogP contribution in [-0.4, -0.2) is 0 Å². The van der Waals surface area contributed by atoms with E-state index >= 15 is 0 Å². The van der Waals surface area contributed by atoms with E-state index in [2.05, 4.69) is 72.8 Å². The zero-order valence-electron chi connectivity index (χ0n) is 13.5. The molecule has 7 rings (SSSR count). The van der Waals surface area contributed by atoms with Gasteiger partial charge in [0, 0.05) is 0 Å². The number of rotatable bonds is 0. The molecule has 25 heavy (non-hydrogen) atoms. The van der Waals surface area contributed by atoms with Crippen molar-refractivity contribution in [2.45, 2.75) is 12.2 Å². The Morgan fingerprint density at radius 1 is 0.560 bits per heavy atom. The quantitative estimate of drug-likeness (QED) is 0.306. The van der Waals surface area contributed by atoms with E-state index in [4.69, 9.17) is 4.74 Å². The highest BCUT2D eigenvalue weighted by atomic mass is 16.6. The van der Waals surface area contributed by atoms with Crippen LogP contribution in [0.1, 0.15) is 23.3 Å². The summed E-state index contributed by atoms with van der Waals surface area (Å²) in [4.78, 5) is 0. The third-order valence-corrected chi connectivity index (χ3v) is 6.04. The standard InChI is InChI=1S/C24H14O/c1-2-7-14-13(6-1)16-10-5-11-18-21(16)19(14)12-20-15-8-3-4-9-17(15)23-24(25-23)22(18)20/h1-12,23-24H. The largest absolute Gasteiger partial charge is 0.359 e. The average molecular weight is 318 g/mol. The van der Waals surface area contributed by atoms with Crippen LogP contribution in [0.4, 0.5) is 0 Å². The number of hydrogen-bond donors (Lipinski definition) is 0. The Morgan fingerprint density at radius 2 is 1.28 bits per heavy atom. The number of epoxide rings is 1. The van der Waals surface area contributed by atoms with Crippen LogP contribution in [0.25, 0.3) is 44.2 Å². The third-order valence-electron chi connectivity index (χ3n) is 6.04. The number of benzene rings is 4. The van der Waals surface area contributed by atoms with E-state index < -0.39 is 0 Å². The van der Waals surface area contributed by atoms with Gasteiger partial charge in [-0.1, -0.05) is 66.7 Å². The Labute approximate surface area is 145 Å². The van der Waals surface area contributed by atoms with Crippen LogP contribution in [0, 0.1) is 0 Å². The van der Waals surface area contributed by atoms with Crippen molar-refractivity contribution >= 4 is 10.8 Å². The molecule has 2 atom stereocenters. The molecular formula is C24H14O. The lowest BCUT2D eigenvalue weighted by molar-refractivity contribution is 0.381. The molecule has 0 aromatic heterocycles. The second-order valence-electron chi connectivity index (χ2n) is 7.22. The molecule has 0 N–H and O–H groups in total. The van der Waals surface area contributed by atoms with Gasteiger partial charge >= 0.3 is 0 Å². The predicted molar refractivity (Wildman–Crippen MR) is 100 cm³/mol. The first-order valence-electron chi connectivity index (χ1n) is 8.86. The van der Waals surface area contributed by atoms with Crippen molar-refractivity contribution in [3.63, 3.8) is 0 Å². The molecule has 2 aliphatic carbocycles. The van der Waals surface area contributed by atoms with Gasteiger partial charge in [-0.05, 0) is 61.3 Å². The van der Waals surface area contributed by atoms with Crippen molar-refractivity contribution in [2.24, 2.45) is 0 Å². The molecule has 116 valence electrons.